The highest BCUT2D eigenvalue weighted by atomic mass is 35.5. The Balaban J connectivity index is 2.44. The summed E-state index contributed by atoms with van der Waals surface area (Å²) in [5.41, 5.74) is 2.29. The molecule has 0 saturated heterocycles. The minimum Gasteiger partial charge on any atom is -0.463 e. The monoisotopic (exact) mass is 261 g/mol. The Morgan fingerprint density at radius 2 is 2.39 bits per heavy atom. The molecule has 0 bridgehead atoms. The molecule has 0 aliphatic rings. The Morgan fingerprint density at radius 3 is 3.06 bits per heavy atom. The summed E-state index contributed by atoms with van der Waals surface area (Å²) >= 11 is 5.99. The summed E-state index contributed by atoms with van der Waals surface area (Å²) in [6.45, 7) is 1.87. The van der Waals surface area contributed by atoms with E-state index in [4.69, 9.17) is 16.7 Å². The Bertz CT molecular complexity index is 707. The Kier molecular flexibility index (Phi) is 3.31. The number of pyridine rings is 1. The van der Waals surface area contributed by atoms with Crippen LogP contribution in [0.3, 0.4) is 0 Å². The largest absolute Gasteiger partial charge is 0.463 e. The lowest BCUT2D eigenvalue weighted by atomic mass is 10.2. The third kappa shape index (κ3) is 2.34. The molecule has 0 radical (unpaired) electrons. The summed E-state index contributed by atoms with van der Waals surface area (Å²) in [6, 6.07) is 5.43. The molecule has 0 aromatic carbocycles. The zero-order valence-electron chi connectivity index (χ0n) is 9.38. The molecular formula is C12H8ClN3O2. The van der Waals surface area contributed by atoms with Crippen molar-refractivity contribution in [3.8, 4) is 11.8 Å². The van der Waals surface area contributed by atoms with E-state index in [1.807, 2.05) is 19.1 Å². The fourth-order valence-electron chi connectivity index (χ4n) is 1.46. The van der Waals surface area contributed by atoms with Crippen molar-refractivity contribution in [2.75, 3.05) is 0 Å². The first-order chi connectivity index (χ1) is 8.59. The summed E-state index contributed by atoms with van der Waals surface area (Å²) in [6.07, 6.45) is -0.257. The van der Waals surface area contributed by atoms with Crippen molar-refractivity contribution in [2.45, 2.75) is 6.92 Å². The van der Waals surface area contributed by atoms with Gasteiger partial charge in [0.05, 0.1) is 11.7 Å². The van der Waals surface area contributed by atoms with E-state index in [9.17, 15) is 4.79 Å². The maximum Gasteiger partial charge on any atom is 0.431 e. The number of fused-ring (bicyclic) bond motifs is 1. The highest BCUT2D eigenvalue weighted by Crippen LogP contribution is 2.18. The molecule has 0 spiro atoms. The van der Waals surface area contributed by atoms with Crippen molar-refractivity contribution in [3.63, 3.8) is 0 Å². The van der Waals surface area contributed by atoms with Crippen LogP contribution in [0.15, 0.2) is 23.2 Å². The minimum atomic E-state index is -1.28. The van der Waals surface area contributed by atoms with Crippen LogP contribution >= 0.6 is 11.6 Å². The molecule has 18 heavy (non-hydrogen) atoms. The predicted octanol–water partition coefficient (Wildman–Crippen LogP) is 2.40. The summed E-state index contributed by atoms with van der Waals surface area (Å²) in [7, 11) is 0. The molecule has 0 atom stereocenters. The van der Waals surface area contributed by atoms with Crippen LogP contribution < -0.4 is 0 Å². The van der Waals surface area contributed by atoms with Gasteiger partial charge >= 0.3 is 6.09 Å². The highest BCUT2D eigenvalue weighted by molar-refractivity contribution is 6.29. The average Bonchev–Trinajstić information content (AvgIpc) is 2.64. The van der Waals surface area contributed by atoms with Crippen LogP contribution in [0.5, 0.6) is 0 Å². The fourth-order valence-corrected chi connectivity index (χ4v) is 1.67. The van der Waals surface area contributed by atoms with Crippen LogP contribution in [-0.2, 0) is 0 Å². The number of carboxylic acid groups (broad SMARTS) is 1. The molecule has 1 N–H and O–H groups in total. The lowest BCUT2D eigenvalue weighted by molar-refractivity contribution is 0.206. The van der Waals surface area contributed by atoms with Gasteiger partial charge in [-0.1, -0.05) is 17.7 Å². The van der Waals surface area contributed by atoms with Crippen LogP contribution in [0, 0.1) is 18.8 Å². The molecule has 5 nitrogen and oxygen atoms in total. The summed E-state index contributed by atoms with van der Waals surface area (Å²) in [5, 5.41) is 13.0. The highest BCUT2D eigenvalue weighted by Gasteiger charge is 2.07. The van der Waals surface area contributed by atoms with E-state index in [0.29, 0.717) is 10.8 Å². The summed E-state index contributed by atoms with van der Waals surface area (Å²) < 4.78 is 1.58. The number of hydrogen-bond donors (Lipinski definition) is 1. The first-order valence-corrected chi connectivity index (χ1v) is 5.38. The van der Waals surface area contributed by atoms with E-state index in [1.54, 1.807) is 10.6 Å². The van der Waals surface area contributed by atoms with Crippen molar-refractivity contribution in [1.82, 2.24) is 9.61 Å². The first-order valence-electron chi connectivity index (χ1n) is 5.00. The van der Waals surface area contributed by atoms with E-state index in [1.165, 1.54) is 0 Å². The molecule has 2 aromatic heterocycles. The Labute approximate surface area is 108 Å². The standard InChI is InChI=1S/C12H8ClN3O2/c1-8-9(4-3-7-14-12(17)18)15-16-10(8)5-2-6-11(16)13/h2,5-7H,1H3,(H,17,18). The Hall–Kier alpha value is -2.32. The van der Waals surface area contributed by atoms with Gasteiger partial charge in [-0.25, -0.2) is 9.31 Å². The molecule has 0 aliphatic heterocycles. The van der Waals surface area contributed by atoms with Crippen molar-refractivity contribution in [1.29, 1.82) is 0 Å². The zero-order valence-corrected chi connectivity index (χ0v) is 10.1. The number of aromatic nitrogens is 2. The molecular weight excluding hydrogens is 254 g/mol. The van der Waals surface area contributed by atoms with Crippen LogP contribution in [0.2, 0.25) is 5.15 Å². The fraction of sp³-hybridized carbons (Fsp3) is 0.0833. The van der Waals surface area contributed by atoms with Gasteiger partial charge in [-0.15, -0.1) is 0 Å². The SMILES string of the molecule is Cc1c(C#CC=NC(=O)O)nn2c(Cl)cccc12. The molecule has 90 valence electrons. The van der Waals surface area contributed by atoms with Crippen molar-refractivity contribution in [3.05, 3.63) is 34.6 Å². The van der Waals surface area contributed by atoms with Gasteiger partial charge in [-0.2, -0.15) is 10.1 Å². The van der Waals surface area contributed by atoms with Crippen molar-refractivity contribution < 1.29 is 9.90 Å². The van der Waals surface area contributed by atoms with Crippen molar-refractivity contribution >= 4 is 29.4 Å². The second-order valence-electron chi connectivity index (χ2n) is 3.43. The zero-order chi connectivity index (χ0) is 13.1. The smallest absolute Gasteiger partial charge is 0.431 e. The third-order valence-electron chi connectivity index (χ3n) is 2.29. The van der Waals surface area contributed by atoms with Crippen LogP contribution in [0.4, 0.5) is 4.79 Å². The Morgan fingerprint density at radius 1 is 1.61 bits per heavy atom. The minimum absolute atomic E-state index is 0.489. The van der Waals surface area contributed by atoms with E-state index < -0.39 is 6.09 Å². The van der Waals surface area contributed by atoms with Gasteiger partial charge in [0.1, 0.15) is 10.8 Å². The number of nitrogens with zero attached hydrogens (tertiary/aromatic N) is 3. The predicted molar refractivity (Wildman–Crippen MR) is 68.3 cm³/mol. The van der Waals surface area contributed by atoms with E-state index in [-0.39, 0.29) is 0 Å². The van der Waals surface area contributed by atoms with Crippen LogP contribution in [0.1, 0.15) is 11.3 Å². The molecule has 0 fully saturated rings. The van der Waals surface area contributed by atoms with Gasteiger partial charge in [-0.3, -0.25) is 0 Å². The average molecular weight is 262 g/mol. The van der Waals surface area contributed by atoms with Gasteiger partial charge < -0.3 is 5.11 Å². The number of hydrogen-bond acceptors (Lipinski definition) is 2. The molecule has 0 unspecified atom stereocenters. The van der Waals surface area contributed by atoms with E-state index in [0.717, 1.165) is 17.3 Å². The maximum absolute atomic E-state index is 10.2. The molecule has 0 saturated carbocycles. The number of aliphatic imine (C=N–C) groups is 1. The third-order valence-corrected chi connectivity index (χ3v) is 2.57. The van der Waals surface area contributed by atoms with E-state index >= 15 is 0 Å². The second kappa shape index (κ2) is 4.90. The molecule has 0 aliphatic carbocycles. The van der Waals surface area contributed by atoms with E-state index in [2.05, 4.69) is 21.9 Å². The lowest BCUT2D eigenvalue weighted by Gasteiger charge is -1.94. The molecule has 2 rings (SSSR count). The molecule has 1 amide bonds. The van der Waals surface area contributed by atoms with Gasteiger partial charge in [-0.05, 0) is 30.9 Å². The van der Waals surface area contributed by atoms with Crippen LogP contribution in [0.25, 0.3) is 5.52 Å². The normalized spacial score (nSPS) is 10.6. The van der Waals surface area contributed by atoms with Crippen LogP contribution in [-0.4, -0.2) is 27.0 Å². The quantitative estimate of drug-likeness (QED) is 0.450. The summed E-state index contributed by atoms with van der Waals surface area (Å²) in [4.78, 5) is 13.3. The summed E-state index contributed by atoms with van der Waals surface area (Å²) in [5.74, 6) is 5.24. The van der Waals surface area contributed by atoms with Crippen molar-refractivity contribution in [2.24, 2.45) is 4.99 Å². The molecule has 2 aromatic rings. The van der Waals surface area contributed by atoms with Gasteiger partial charge in [0.2, 0.25) is 0 Å². The van der Waals surface area contributed by atoms with Gasteiger partial charge in [0, 0.05) is 5.56 Å². The van der Waals surface area contributed by atoms with Gasteiger partial charge in [0.25, 0.3) is 0 Å². The number of aryl methyl sites for hydroxylation is 1. The topological polar surface area (TPSA) is 67.0 Å². The lowest BCUT2D eigenvalue weighted by Crippen LogP contribution is -1.88. The molecule has 6 heteroatoms. The molecule has 2 heterocycles. The number of rotatable bonds is 0. The number of carbonyl (C=O) groups is 1. The van der Waals surface area contributed by atoms with Gasteiger partial charge in [0.15, 0.2) is 0 Å². The maximum atomic E-state index is 10.2. The second-order valence-corrected chi connectivity index (χ2v) is 3.82. The first kappa shape index (κ1) is 12.1. The number of halogens is 1. The number of amides is 1.